The van der Waals surface area contributed by atoms with Crippen molar-refractivity contribution < 1.29 is 13.6 Å². The maximum absolute atomic E-state index is 13.4. The van der Waals surface area contributed by atoms with Crippen LogP contribution in [0.3, 0.4) is 0 Å². The van der Waals surface area contributed by atoms with Gasteiger partial charge in [0.15, 0.2) is 0 Å². The van der Waals surface area contributed by atoms with Gasteiger partial charge in [-0.15, -0.1) is 0 Å². The molecule has 2 aliphatic heterocycles. The van der Waals surface area contributed by atoms with Crippen molar-refractivity contribution in [2.24, 2.45) is 5.41 Å². The molecule has 0 radical (unpaired) electrons. The molecule has 0 N–H and O–H groups in total. The van der Waals surface area contributed by atoms with Gasteiger partial charge in [-0.1, -0.05) is 6.92 Å². The van der Waals surface area contributed by atoms with Crippen LogP contribution in [0.2, 0.25) is 0 Å². The van der Waals surface area contributed by atoms with Crippen LogP contribution in [0, 0.1) is 17.0 Å². The smallest absolute Gasteiger partial charge is 0.244 e. The van der Waals surface area contributed by atoms with Gasteiger partial charge in [-0.2, -0.15) is 0 Å². The van der Waals surface area contributed by atoms with Crippen molar-refractivity contribution in [1.29, 1.82) is 0 Å². The Morgan fingerprint density at radius 2 is 1.95 bits per heavy atom. The Kier molecular flexibility index (Phi) is 3.05. The summed E-state index contributed by atoms with van der Waals surface area (Å²) < 4.78 is 26.8. The first kappa shape index (κ1) is 13.5. The molecule has 1 amide bonds. The molecule has 1 aromatic rings. The highest BCUT2D eigenvalue weighted by atomic mass is 19.1. The van der Waals surface area contributed by atoms with Crippen LogP contribution < -0.4 is 0 Å². The Hall–Kier alpha value is -1.49. The van der Waals surface area contributed by atoms with Crippen molar-refractivity contribution in [3.63, 3.8) is 0 Å². The van der Waals surface area contributed by atoms with Gasteiger partial charge in [0.25, 0.3) is 0 Å². The lowest BCUT2D eigenvalue weighted by Gasteiger charge is -2.26. The number of rotatable bonds is 2. The van der Waals surface area contributed by atoms with Gasteiger partial charge < -0.3 is 0 Å². The molecule has 2 saturated heterocycles. The van der Waals surface area contributed by atoms with E-state index in [2.05, 4.69) is 0 Å². The number of carbonyl (C=O) groups excluding carboxylic acids is 1. The molecule has 0 bridgehead atoms. The summed E-state index contributed by atoms with van der Waals surface area (Å²) in [5.41, 5.74) is 0.156. The zero-order valence-electron chi connectivity index (χ0n) is 11.7. The van der Waals surface area contributed by atoms with Crippen LogP contribution in [0.1, 0.15) is 38.3 Å². The van der Waals surface area contributed by atoms with Crippen LogP contribution in [0.4, 0.5) is 8.78 Å². The third-order valence-electron chi connectivity index (χ3n) is 4.57. The van der Waals surface area contributed by atoms with Crippen molar-refractivity contribution in [2.75, 3.05) is 13.1 Å². The minimum Gasteiger partial charge on any atom is -0.273 e. The SMILES string of the molecule is CC[C@@]1(C)CN2CC[C@H](c3cc(F)cc(F)c3)N2C1=O. The Morgan fingerprint density at radius 1 is 1.30 bits per heavy atom. The predicted molar refractivity (Wildman–Crippen MR) is 70.5 cm³/mol. The van der Waals surface area contributed by atoms with E-state index in [0.29, 0.717) is 18.5 Å². The van der Waals surface area contributed by atoms with Gasteiger partial charge in [0, 0.05) is 19.2 Å². The molecule has 5 heteroatoms. The molecule has 0 saturated carbocycles. The lowest BCUT2D eigenvalue weighted by atomic mass is 9.87. The summed E-state index contributed by atoms with van der Waals surface area (Å²) in [6.07, 6.45) is 1.48. The molecule has 20 heavy (non-hydrogen) atoms. The zero-order valence-corrected chi connectivity index (χ0v) is 11.7. The van der Waals surface area contributed by atoms with Crippen LogP contribution in [-0.4, -0.2) is 29.0 Å². The maximum atomic E-state index is 13.4. The number of hydrogen-bond acceptors (Lipinski definition) is 2. The number of amides is 1. The van der Waals surface area contributed by atoms with E-state index < -0.39 is 11.6 Å². The second kappa shape index (κ2) is 4.52. The molecule has 2 aliphatic rings. The van der Waals surface area contributed by atoms with Crippen molar-refractivity contribution in [3.8, 4) is 0 Å². The van der Waals surface area contributed by atoms with Gasteiger partial charge in [0.05, 0.1) is 11.5 Å². The third-order valence-corrected chi connectivity index (χ3v) is 4.57. The molecule has 0 aliphatic carbocycles. The summed E-state index contributed by atoms with van der Waals surface area (Å²) >= 11 is 0. The van der Waals surface area contributed by atoms with Crippen LogP contribution in [-0.2, 0) is 4.79 Å². The Morgan fingerprint density at radius 3 is 2.55 bits per heavy atom. The number of carbonyl (C=O) groups is 1. The number of halogens is 2. The van der Waals surface area contributed by atoms with Gasteiger partial charge in [0.1, 0.15) is 11.6 Å². The molecule has 2 atom stereocenters. The molecule has 2 fully saturated rings. The molecular formula is C15H18F2N2O. The minimum atomic E-state index is -0.594. The number of nitrogens with zero attached hydrogens (tertiary/aromatic N) is 2. The summed E-state index contributed by atoms with van der Waals surface area (Å²) in [6, 6.07) is 3.26. The molecule has 2 heterocycles. The molecule has 3 nitrogen and oxygen atoms in total. The summed E-state index contributed by atoms with van der Waals surface area (Å²) in [7, 11) is 0. The fourth-order valence-electron chi connectivity index (χ4n) is 3.21. The molecule has 0 spiro atoms. The van der Waals surface area contributed by atoms with E-state index in [1.165, 1.54) is 12.1 Å². The number of fused-ring (bicyclic) bond motifs is 1. The van der Waals surface area contributed by atoms with Gasteiger partial charge in [0.2, 0.25) is 5.91 Å². The maximum Gasteiger partial charge on any atom is 0.244 e. The molecule has 0 aromatic heterocycles. The molecule has 1 aromatic carbocycles. The largest absolute Gasteiger partial charge is 0.273 e. The first-order valence-corrected chi connectivity index (χ1v) is 6.99. The summed E-state index contributed by atoms with van der Waals surface area (Å²) in [6.45, 7) is 5.40. The van der Waals surface area contributed by atoms with Crippen LogP contribution in [0.25, 0.3) is 0 Å². The van der Waals surface area contributed by atoms with E-state index in [-0.39, 0.29) is 17.4 Å². The summed E-state index contributed by atoms with van der Waals surface area (Å²) in [5, 5.41) is 3.72. The highest BCUT2D eigenvalue weighted by molar-refractivity contribution is 5.84. The zero-order chi connectivity index (χ0) is 14.5. The van der Waals surface area contributed by atoms with Crippen molar-refractivity contribution in [3.05, 3.63) is 35.4 Å². The quantitative estimate of drug-likeness (QED) is 0.831. The summed E-state index contributed by atoms with van der Waals surface area (Å²) in [4.78, 5) is 12.6. The van der Waals surface area contributed by atoms with Gasteiger partial charge in [-0.3, -0.25) is 9.80 Å². The van der Waals surface area contributed by atoms with E-state index in [1.54, 1.807) is 5.01 Å². The number of hydrogen-bond donors (Lipinski definition) is 0. The average molecular weight is 280 g/mol. The topological polar surface area (TPSA) is 23.6 Å². The van der Waals surface area contributed by atoms with Crippen LogP contribution in [0.5, 0.6) is 0 Å². The van der Waals surface area contributed by atoms with E-state index in [4.69, 9.17) is 0 Å². The number of benzene rings is 1. The second-order valence-electron chi connectivity index (χ2n) is 5.96. The van der Waals surface area contributed by atoms with E-state index in [1.807, 2.05) is 18.9 Å². The first-order chi connectivity index (χ1) is 9.44. The number of hydrazine groups is 1. The van der Waals surface area contributed by atoms with E-state index >= 15 is 0 Å². The van der Waals surface area contributed by atoms with E-state index in [0.717, 1.165) is 19.0 Å². The lowest BCUT2D eigenvalue weighted by molar-refractivity contribution is -0.142. The van der Waals surface area contributed by atoms with Crippen molar-refractivity contribution in [2.45, 2.75) is 32.7 Å². The van der Waals surface area contributed by atoms with Gasteiger partial charge in [-0.05, 0) is 37.5 Å². The second-order valence-corrected chi connectivity index (χ2v) is 5.96. The normalized spacial score (nSPS) is 30.1. The molecular weight excluding hydrogens is 262 g/mol. The fourth-order valence-corrected chi connectivity index (χ4v) is 3.21. The van der Waals surface area contributed by atoms with Gasteiger partial charge >= 0.3 is 0 Å². The third kappa shape index (κ3) is 1.92. The Labute approximate surface area is 117 Å². The highest BCUT2D eigenvalue weighted by Crippen LogP contribution is 2.43. The molecule has 108 valence electrons. The lowest BCUT2D eigenvalue weighted by Crippen LogP contribution is -2.36. The summed E-state index contributed by atoms with van der Waals surface area (Å²) in [5.74, 6) is -1.13. The Balaban J connectivity index is 1.95. The molecule has 3 rings (SSSR count). The predicted octanol–water partition coefficient (Wildman–Crippen LogP) is 2.89. The van der Waals surface area contributed by atoms with Crippen LogP contribution >= 0.6 is 0 Å². The van der Waals surface area contributed by atoms with E-state index in [9.17, 15) is 13.6 Å². The first-order valence-electron chi connectivity index (χ1n) is 6.99. The highest BCUT2D eigenvalue weighted by Gasteiger charge is 2.51. The fraction of sp³-hybridized carbons (Fsp3) is 0.533. The standard InChI is InChI=1S/C15H18F2N2O/c1-3-15(2)9-18-5-4-13(19(18)14(15)20)10-6-11(16)8-12(17)7-10/h6-8,13H,3-5,9H2,1-2H3/t13-,15+/m1/s1. The van der Waals surface area contributed by atoms with Crippen molar-refractivity contribution >= 4 is 5.91 Å². The van der Waals surface area contributed by atoms with Gasteiger partial charge in [-0.25, -0.2) is 13.8 Å². The minimum absolute atomic E-state index is 0.0622. The Bertz CT molecular complexity index is 543. The van der Waals surface area contributed by atoms with Crippen LogP contribution in [0.15, 0.2) is 18.2 Å². The molecule has 0 unspecified atom stereocenters. The monoisotopic (exact) mass is 280 g/mol. The van der Waals surface area contributed by atoms with Crippen molar-refractivity contribution in [1.82, 2.24) is 10.0 Å². The average Bonchev–Trinajstić information content (AvgIpc) is 2.89.